The second-order valence-corrected chi connectivity index (χ2v) is 1.79. The van der Waals surface area contributed by atoms with Crippen molar-refractivity contribution in [1.29, 1.82) is 0 Å². The summed E-state index contributed by atoms with van der Waals surface area (Å²) in [4.78, 5) is 11.9. The molecule has 0 aromatic rings. The zero-order chi connectivity index (χ0) is 6.57. The van der Waals surface area contributed by atoms with Crippen molar-refractivity contribution in [2.75, 3.05) is 13.1 Å². The minimum Gasteiger partial charge on any atom is -0.719 e. The van der Waals surface area contributed by atoms with Crippen molar-refractivity contribution >= 4 is 17.9 Å². The maximum Gasteiger partial charge on any atom is 0.101 e. The van der Waals surface area contributed by atoms with Gasteiger partial charge in [-0.05, 0) is 13.8 Å². The molecule has 0 rings (SSSR count). The highest BCUT2D eigenvalue weighted by molar-refractivity contribution is 7.76. The van der Waals surface area contributed by atoms with Crippen LogP contribution in [0.2, 0.25) is 0 Å². The largest absolute Gasteiger partial charge is 0.719 e. The quantitative estimate of drug-likeness (QED) is 0.604. The van der Waals surface area contributed by atoms with Gasteiger partial charge < -0.3 is 28.5 Å². The van der Waals surface area contributed by atoms with E-state index in [0.29, 0.717) is 0 Å². The fourth-order valence-corrected chi connectivity index (χ4v) is 0.740. The summed E-state index contributed by atoms with van der Waals surface area (Å²) in [5.41, 5.74) is 0. The highest BCUT2D eigenvalue weighted by Crippen LogP contribution is 1.86. The molecular formula is C5H14N2OS. The molecule has 0 aliphatic rings. The van der Waals surface area contributed by atoms with Crippen LogP contribution < -0.4 is 6.15 Å². The van der Waals surface area contributed by atoms with Crippen molar-refractivity contribution in [3.8, 4) is 0 Å². The van der Waals surface area contributed by atoms with Gasteiger partial charge >= 0.3 is 0 Å². The van der Waals surface area contributed by atoms with Crippen molar-refractivity contribution in [2.24, 2.45) is 0 Å². The summed E-state index contributed by atoms with van der Waals surface area (Å²) in [6.07, 6.45) is 0. The first kappa shape index (κ1) is 11.4. The van der Waals surface area contributed by atoms with Gasteiger partial charge in [-0.15, -0.1) is 0 Å². The summed E-state index contributed by atoms with van der Waals surface area (Å²) in [7, 11) is 0. The number of carbonyl (C=O) groups excluding carboxylic acids is 1. The predicted molar refractivity (Wildman–Crippen MR) is 41.7 cm³/mol. The van der Waals surface area contributed by atoms with Gasteiger partial charge in [0.05, 0.1) is 0 Å². The van der Waals surface area contributed by atoms with Gasteiger partial charge in [0.2, 0.25) is 0 Å². The number of carbonyl (C=O) groups is 1. The van der Waals surface area contributed by atoms with E-state index in [1.54, 1.807) is 4.90 Å². The van der Waals surface area contributed by atoms with Gasteiger partial charge in [-0.2, -0.15) is 0 Å². The number of rotatable bonds is 2. The van der Waals surface area contributed by atoms with Gasteiger partial charge in [0.15, 0.2) is 0 Å². The third-order valence-corrected chi connectivity index (χ3v) is 1.28. The molecule has 4 heteroatoms. The molecule has 3 nitrogen and oxygen atoms in total. The molecule has 56 valence electrons. The Morgan fingerprint density at radius 3 is 1.78 bits per heavy atom. The van der Waals surface area contributed by atoms with Gasteiger partial charge in [0, 0.05) is 13.1 Å². The van der Waals surface area contributed by atoms with E-state index in [0.717, 1.165) is 13.1 Å². The first-order chi connectivity index (χ1) is 3.72. The van der Waals surface area contributed by atoms with E-state index in [1.807, 2.05) is 13.8 Å². The zero-order valence-electron chi connectivity index (χ0n) is 6.18. The molecule has 0 heterocycles. The number of hydrogen-bond donors (Lipinski definition) is 1. The zero-order valence-corrected chi connectivity index (χ0v) is 6.99. The molecular weight excluding hydrogens is 136 g/mol. The van der Waals surface area contributed by atoms with E-state index < -0.39 is 0 Å². The third kappa shape index (κ3) is 4.17. The lowest BCUT2D eigenvalue weighted by atomic mass is 10.6. The highest BCUT2D eigenvalue weighted by Gasteiger charge is 1.92. The molecule has 0 aromatic heterocycles. The lowest BCUT2D eigenvalue weighted by molar-refractivity contribution is 0.228. The minimum absolute atomic E-state index is 0. The molecule has 4 N–H and O–H groups in total. The van der Waals surface area contributed by atoms with E-state index in [-0.39, 0.29) is 11.4 Å². The van der Waals surface area contributed by atoms with Gasteiger partial charge in [-0.1, -0.05) is 0 Å². The molecule has 0 saturated heterocycles. The lowest BCUT2D eigenvalue weighted by Crippen LogP contribution is -2.26. The van der Waals surface area contributed by atoms with Crippen LogP contribution in [-0.4, -0.2) is 23.2 Å². The Kier molecular flexibility index (Phi) is 7.35. The monoisotopic (exact) mass is 150 g/mol. The molecule has 0 fully saturated rings. The summed E-state index contributed by atoms with van der Waals surface area (Å²) in [6, 6.07) is 0. The summed E-state index contributed by atoms with van der Waals surface area (Å²) in [5.74, 6) is 0. The van der Waals surface area contributed by atoms with Crippen molar-refractivity contribution in [3.05, 3.63) is 0 Å². The first-order valence-corrected chi connectivity index (χ1v) is 3.09. The first-order valence-electron chi connectivity index (χ1n) is 2.68. The van der Waals surface area contributed by atoms with Gasteiger partial charge in [0.1, 0.15) is 5.24 Å². The highest BCUT2D eigenvalue weighted by atomic mass is 32.1. The van der Waals surface area contributed by atoms with E-state index in [9.17, 15) is 4.79 Å². The molecule has 0 atom stereocenters. The molecule has 9 heavy (non-hydrogen) atoms. The van der Waals surface area contributed by atoms with Crippen LogP contribution in [0.15, 0.2) is 0 Å². The van der Waals surface area contributed by atoms with E-state index in [2.05, 4.69) is 12.6 Å². The number of nitrogens with zero attached hydrogens (tertiary/aromatic N) is 1. The van der Waals surface area contributed by atoms with Crippen molar-refractivity contribution in [1.82, 2.24) is 11.1 Å². The van der Waals surface area contributed by atoms with Crippen LogP contribution in [0.3, 0.4) is 0 Å². The van der Waals surface area contributed by atoms with Gasteiger partial charge in [0.25, 0.3) is 0 Å². The second kappa shape index (κ2) is 5.78. The Morgan fingerprint density at radius 2 is 1.78 bits per heavy atom. The minimum atomic E-state index is -0.255. The molecule has 0 unspecified atom stereocenters. The number of quaternary nitrogens is 1. The Balaban J connectivity index is 0. The summed E-state index contributed by atoms with van der Waals surface area (Å²) in [6.45, 7) is 5.26. The molecule has 0 aliphatic heterocycles. The lowest BCUT2D eigenvalue weighted by Gasteiger charge is -2.21. The van der Waals surface area contributed by atoms with Gasteiger partial charge in [-0.25, -0.2) is 0 Å². The van der Waals surface area contributed by atoms with E-state index >= 15 is 0 Å². The van der Waals surface area contributed by atoms with Crippen molar-refractivity contribution in [3.63, 3.8) is 0 Å². The van der Waals surface area contributed by atoms with Crippen LogP contribution in [0.5, 0.6) is 0 Å². The Bertz CT molecular complexity index is 83.0. The molecule has 0 bridgehead atoms. The Labute approximate surface area is 61.4 Å². The van der Waals surface area contributed by atoms with Crippen LogP contribution in [-0.2, 0) is 12.6 Å². The van der Waals surface area contributed by atoms with E-state index in [4.69, 9.17) is 0 Å². The predicted octanol–water partition coefficient (Wildman–Crippen LogP) is 1.37. The van der Waals surface area contributed by atoms with Crippen LogP contribution in [0.25, 0.3) is 0 Å². The number of amides is 1. The van der Waals surface area contributed by atoms with Crippen molar-refractivity contribution < 1.29 is 4.79 Å². The molecule has 0 spiro atoms. The average molecular weight is 150 g/mol. The van der Waals surface area contributed by atoms with Crippen LogP contribution >= 0.6 is 0 Å². The topological polar surface area (TPSA) is 56.8 Å². The maximum absolute atomic E-state index is 10.3. The fraction of sp³-hybridized carbons (Fsp3) is 0.800. The molecule has 0 aromatic carbocycles. The van der Waals surface area contributed by atoms with Gasteiger partial charge in [-0.3, -0.25) is 0 Å². The van der Waals surface area contributed by atoms with Crippen LogP contribution in [0, 0.1) is 0 Å². The average Bonchev–Trinajstić information content (AvgIpc) is 1.69. The summed E-state index contributed by atoms with van der Waals surface area (Å²) in [5, 5.41) is -0.255. The number of hydrogen-bond acceptors (Lipinski definition) is 2. The standard InChI is InChI=1S/C5H11NOS.H3N/c1-3-6(4-2)5(7)8;/h3-4H2,1-2H3,(H,7,8);1H3. The maximum atomic E-state index is 10.3. The smallest absolute Gasteiger partial charge is 0.101 e. The fourth-order valence-electron chi connectivity index (χ4n) is 0.482. The van der Waals surface area contributed by atoms with Crippen LogP contribution in [0.1, 0.15) is 13.8 Å². The second-order valence-electron chi connectivity index (χ2n) is 1.44. The SMILES string of the molecule is CCN(CC)C(=O)[S-].[NH4+]. The summed E-state index contributed by atoms with van der Waals surface area (Å²) >= 11 is 4.39. The molecule has 0 aliphatic carbocycles. The Morgan fingerprint density at radius 1 is 1.44 bits per heavy atom. The Hall–Kier alpha value is -0.350. The normalized spacial score (nSPS) is 7.78. The van der Waals surface area contributed by atoms with E-state index in [1.165, 1.54) is 0 Å². The summed E-state index contributed by atoms with van der Waals surface area (Å²) < 4.78 is 0. The third-order valence-electron chi connectivity index (χ3n) is 1.02. The molecule has 0 radical (unpaired) electrons. The molecule has 0 saturated carbocycles. The van der Waals surface area contributed by atoms with Crippen LogP contribution in [0.4, 0.5) is 4.79 Å². The molecule has 1 amide bonds. The van der Waals surface area contributed by atoms with Crippen molar-refractivity contribution in [2.45, 2.75) is 13.8 Å².